The molecule has 1 N–H and O–H groups in total. The fourth-order valence-electron chi connectivity index (χ4n) is 2.31. The van der Waals surface area contributed by atoms with Crippen molar-refractivity contribution in [1.29, 1.82) is 0 Å². The molecule has 1 aliphatic rings. The van der Waals surface area contributed by atoms with Crippen LogP contribution in [0.25, 0.3) is 0 Å². The van der Waals surface area contributed by atoms with Gasteiger partial charge in [-0.05, 0) is 31.4 Å². The van der Waals surface area contributed by atoms with E-state index < -0.39 is 5.97 Å². The Hall–Kier alpha value is -1.91. The zero-order chi connectivity index (χ0) is 13.7. The molecule has 1 fully saturated rings. The molecular formula is C14H18N2O3. The van der Waals surface area contributed by atoms with Crippen molar-refractivity contribution in [2.24, 2.45) is 5.92 Å². The Labute approximate surface area is 112 Å². The summed E-state index contributed by atoms with van der Waals surface area (Å²) in [7, 11) is 0. The lowest BCUT2D eigenvalue weighted by atomic mass is 10.1. The number of rotatable bonds is 5. The third kappa shape index (κ3) is 3.77. The third-order valence-electron chi connectivity index (χ3n) is 3.44. The number of carboxylic acid groups (broad SMARTS) is 1. The molecule has 5 heteroatoms. The number of hydrogen-bond acceptors (Lipinski definition) is 3. The van der Waals surface area contributed by atoms with Gasteiger partial charge in [0.2, 0.25) is 5.91 Å². The van der Waals surface area contributed by atoms with Gasteiger partial charge < -0.3 is 10.0 Å². The Morgan fingerprint density at radius 2 is 2.26 bits per heavy atom. The second-order valence-electron chi connectivity index (χ2n) is 4.84. The maximum Gasteiger partial charge on any atom is 0.308 e. The van der Waals surface area contributed by atoms with Crippen LogP contribution in [0, 0.1) is 5.92 Å². The molecule has 0 aliphatic carbocycles. The highest BCUT2D eigenvalue weighted by Gasteiger charge is 2.30. The van der Waals surface area contributed by atoms with Crippen LogP contribution in [-0.4, -0.2) is 40.0 Å². The van der Waals surface area contributed by atoms with Crippen molar-refractivity contribution < 1.29 is 14.7 Å². The highest BCUT2D eigenvalue weighted by atomic mass is 16.4. The van der Waals surface area contributed by atoms with E-state index >= 15 is 0 Å². The van der Waals surface area contributed by atoms with E-state index in [1.165, 1.54) is 0 Å². The highest BCUT2D eigenvalue weighted by molar-refractivity contribution is 5.78. The Morgan fingerprint density at radius 3 is 2.89 bits per heavy atom. The average Bonchev–Trinajstić information content (AvgIpc) is 2.89. The van der Waals surface area contributed by atoms with Crippen LogP contribution in [-0.2, 0) is 16.0 Å². The van der Waals surface area contributed by atoms with E-state index in [1.807, 2.05) is 18.2 Å². The number of pyridine rings is 1. The minimum atomic E-state index is -0.802. The monoisotopic (exact) mass is 262 g/mol. The molecule has 102 valence electrons. The van der Waals surface area contributed by atoms with Gasteiger partial charge in [-0.25, -0.2) is 0 Å². The van der Waals surface area contributed by atoms with Crippen LogP contribution in [0.3, 0.4) is 0 Å². The van der Waals surface area contributed by atoms with Gasteiger partial charge in [0.25, 0.3) is 0 Å². The van der Waals surface area contributed by atoms with Gasteiger partial charge in [0.1, 0.15) is 0 Å². The molecule has 0 radical (unpaired) electrons. The zero-order valence-electron chi connectivity index (χ0n) is 10.8. The Kier molecular flexibility index (Phi) is 4.49. The fraction of sp³-hybridized carbons (Fsp3) is 0.500. The number of nitrogens with zero attached hydrogens (tertiary/aromatic N) is 2. The first-order valence-electron chi connectivity index (χ1n) is 6.57. The Bertz CT molecular complexity index is 447. The van der Waals surface area contributed by atoms with Crippen LogP contribution >= 0.6 is 0 Å². The molecule has 2 rings (SSSR count). The zero-order valence-corrected chi connectivity index (χ0v) is 10.8. The lowest BCUT2D eigenvalue weighted by Gasteiger charge is -2.15. The molecule has 19 heavy (non-hydrogen) atoms. The van der Waals surface area contributed by atoms with Gasteiger partial charge >= 0.3 is 5.97 Å². The van der Waals surface area contributed by atoms with Crippen molar-refractivity contribution in [2.45, 2.75) is 25.7 Å². The number of aliphatic carboxylic acids is 1. The van der Waals surface area contributed by atoms with Gasteiger partial charge in [-0.15, -0.1) is 0 Å². The lowest BCUT2D eigenvalue weighted by Crippen LogP contribution is -2.29. The van der Waals surface area contributed by atoms with E-state index in [1.54, 1.807) is 11.1 Å². The number of likely N-dealkylation sites (tertiary alicyclic amines) is 1. The minimum Gasteiger partial charge on any atom is -0.481 e. The number of aryl methyl sites for hydroxylation is 1. The first-order chi connectivity index (χ1) is 9.16. The van der Waals surface area contributed by atoms with Gasteiger partial charge in [0.05, 0.1) is 5.92 Å². The molecule has 0 aromatic carbocycles. The average molecular weight is 262 g/mol. The maximum absolute atomic E-state index is 11.9. The largest absolute Gasteiger partial charge is 0.481 e. The molecule has 1 saturated heterocycles. The minimum absolute atomic E-state index is 0.0553. The van der Waals surface area contributed by atoms with E-state index in [2.05, 4.69) is 4.98 Å². The summed E-state index contributed by atoms with van der Waals surface area (Å²) in [6.45, 7) is 0.928. The second kappa shape index (κ2) is 6.31. The van der Waals surface area contributed by atoms with Crippen LogP contribution in [0.5, 0.6) is 0 Å². The summed E-state index contributed by atoms with van der Waals surface area (Å²) in [5, 5.41) is 8.89. The molecule has 1 atom stereocenters. The summed E-state index contributed by atoms with van der Waals surface area (Å²) in [4.78, 5) is 28.6. The number of carbonyl (C=O) groups is 2. The molecular weight excluding hydrogens is 244 g/mol. The Morgan fingerprint density at radius 1 is 1.42 bits per heavy atom. The van der Waals surface area contributed by atoms with E-state index in [9.17, 15) is 9.59 Å². The first kappa shape index (κ1) is 13.5. The van der Waals surface area contributed by atoms with Gasteiger partial charge in [0, 0.05) is 31.4 Å². The quantitative estimate of drug-likeness (QED) is 0.869. The van der Waals surface area contributed by atoms with Gasteiger partial charge in [-0.1, -0.05) is 6.07 Å². The van der Waals surface area contributed by atoms with Crippen molar-refractivity contribution in [1.82, 2.24) is 9.88 Å². The van der Waals surface area contributed by atoms with Crippen molar-refractivity contribution >= 4 is 11.9 Å². The van der Waals surface area contributed by atoms with E-state index in [-0.39, 0.29) is 11.8 Å². The topological polar surface area (TPSA) is 70.5 Å². The summed E-state index contributed by atoms with van der Waals surface area (Å²) >= 11 is 0. The van der Waals surface area contributed by atoms with Crippen molar-refractivity contribution in [2.75, 3.05) is 13.1 Å². The SMILES string of the molecule is O=C(O)C1CCN(C(=O)CCCc2ccccn2)C1. The van der Waals surface area contributed by atoms with E-state index in [0.29, 0.717) is 25.9 Å². The van der Waals surface area contributed by atoms with Crippen LogP contribution in [0.2, 0.25) is 0 Å². The molecule has 1 unspecified atom stereocenters. The van der Waals surface area contributed by atoms with E-state index in [4.69, 9.17) is 5.11 Å². The second-order valence-corrected chi connectivity index (χ2v) is 4.84. The highest BCUT2D eigenvalue weighted by Crippen LogP contribution is 2.17. The van der Waals surface area contributed by atoms with Crippen LogP contribution in [0.15, 0.2) is 24.4 Å². The van der Waals surface area contributed by atoms with Crippen LogP contribution < -0.4 is 0 Å². The molecule has 2 heterocycles. The predicted octanol–water partition coefficient (Wildman–Crippen LogP) is 1.34. The van der Waals surface area contributed by atoms with Crippen molar-refractivity contribution in [3.63, 3.8) is 0 Å². The Balaban J connectivity index is 1.72. The number of aromatic nitrogens is 1. The summed E-state index contributed by atoms with van der Waals surface area (Å²) in [6, 6.07) is 5.74. The summed E-state index contributed by atoms with van der Waals surface area (Å²) < 4.78 is 0. The van der Waals surface area contributed by atoms with Crippen molar-refractivity contribution in [3.05, 3.63) is 30.1 Å². The fourth-order valence-corrected chi connectivity index (χ4v) is 2.31. The summed E-state index contributed by atoms with van der Waals surface area (Å²) in [6.07, 6.45) is 4.31. The number of carboxylic acids is 1. The number of carbonyl (C=O) groups excluding carboxylic acids is 1. The first-order valence-corrected chi connectivity index (χ1v) is 6.57. The molecule has 1 aromatic heterocycles. The van der Waals surface area contributed by atoms with Crippen LogP contribution in [0.1, 0.15) is 25.0 Å². The third-order valence-corrected chi connectivity index (χ3v) is 3.44. The molecule has 5 nitrogen and oxygen atoms in total. The van der Waals surface area contributed by atoms with E-state index in [0.717, 1.165) is 18.5 Å². The van der Waals surface area contributed by atoms with Gasteiger partial charge in [-0.2, -0.15) is 0 Å². The maximum atomic E-state index is 11.9. The molecule has 0 bridgehead atoms. The van der Waals surface area contributed by atoms with Gasteiger partial charge in [-0.3, -0.25) is 14.6 Å². The molecule has 1 aromatic rings. The number of hydrogen-bond donors (Lipinski definition) is 1. The molecule has 0 saturated carbocycles. The molecule has 1 amide bonds. The molecule has 0 spiro atoms. The summed E-state index contributed by atoms with van der Waals surface area (Å²) in [5.74, 6) is -1.14. The van der Waals surface area contributed by atoms with Crippen LogP contribution in [0.4, 0.5) is 0 Å². The smallest absolute Gasteiger partial charge is 0.308 e. The standard InChI is InChI=1S/C14H18N2O3/c17-13(16-9-7-11(10-16)14(18)19)6-3-5-12-4-1-2-8-15-12/h1-2,4,8,11H,3,5-7,9-10H2,(H,18,19). The predicted molar refractivity (Wildman–Crippen MR) is 69.5 cm³/mol. The normalized spacial score (nSPS) is 18.5. The lowest BCUT2D eigenvalue weighted by molar-refractivity contribution is -0.141. The van der Waals surface area contributed by atoms with Gasteiger partial charge in [0.15, 0.2) is 0 Å². The number of amides is 1. The van der Waals surface area contributed by atoms with Crippen molar-refractivity contribution in [3.8, 4) is 0 Å². The molecule has 1 aliphatic heterocycles. The summed E-state index contributed by atoms with van der Waals surface area (Å²) in [5.41, 5.74) is 0.986.